The maximum atomic E-state index is 13.6. The molecule has 7 heteroatoms. The van der Waals surface area contributed by atoms with Crippen LogP contribution in [0, 0.1) is 6.92 Å². The third-order valence-electron chi connectivity index (χ3n) is 5.49. The van der Waals surface area contributed by atoms with E-state index in [0.717, 1.165) is 21.9 Å². The van der Waals surface area contributed by atoms with E-state index in [-0.39, 0.29) is 17.5 Å². The molecule has 1 atom stereocenters. The van der Waals surface area contributed by atoms with Crippen LogP contribution >= 0.6 is 0 Å². The molecule has 0 spiro atoms. The summed E-state index contributed by atoms with van der Waals surface area (Å²) < 4.78 is 33.7. The number of anilines is 1. The Hall–Kier alpha value is -3.32. The van der Waals surface area contributed by atoms with Crippen molar-refractivity contribution in [3.05, 3.63) is 89.5 Å². The van der Waals surface area contributed by atoms with Crippen molar-refractivity contribution < 1.29 is 17.9 Å². The molecule has 3 aromatic carbocycles. The van der Waals surface area contributed by atoms with Gasteiger partial charge in [-0.15, -0.1) is 0 Å². The molecule has 1 unspecified atom stereocenters. The second-order valence-corrected chi connectivity index (χ2v) is 9.75. The molecular formula is C26H30N2O4S. The number of aryl methyl sites for hydroxylation is 2. The molecule has 0 saturated carbocycles. The van der Waals surface area contributed by atoms with Gasteiger partial charge in [-0.3, -0.25) is 9.10 Å². The van der Waals surface area contributed by atoms with Crippen LogP contribution in [0.5, 0.6) is 5.75 Å². The molecule has 0 fully saturated rings. The van der Waals surface area contributed by atoms with Crippen molar-refractivity contribution in [3.63, 3.8) is 0 Å². The number of carbonyl (C=O) groups is 1. The van der Waals surface area contributed by atoms with Crippen LogP contribution in [-0.2, 0) is 21.2 Å². The zero-order valence-corrected chi connectivity index (χ0v) is 20.2. The molecule has 174 valence electrons. The number of hydrogen-bond donors (Lipinski definition) is 1. The van der Waals surface area contributed by atoms with E-state index in [1.807, 2.05) is 44.2 Å². The summed E-state index contributed by atoms with van der Waals surface area (Å²) in [6.07, 6.45) is 0.936. The van der Waals surface area contributed by atoms with Crippen LogP contribution in [0.4, 0.5) is 5.69 Å². The third-order valence-corrected chi connectivity index (χ3v) is 7.26. The summed E-state index contributed by atoms with van der Waals surface area (Å²) in [4.78, 5) is 13.1. The molecule has 0 aliphatic carbocycles. The first-order chi connectivity index (χ1) is 15.8. The van der Waals surface area contributed by atoms with Crippen LogP contribution in [0.1, 0.15) is 36.6 Å². The van der Waals surface area contributed by atoms with Gasteiger partial charge >= 0.3 is 0 Å². The topological polar surface area (TPSA) is 75.7 Å². The Bertz CT molecular complexity index is 1190. The van der Waals surface area contributed by atoms with E-state index in [0.29, 0.717) is 11.4 Å². The van der Waals surface area contributed by atoms with Gasteiger partial charge in [0.2, 0.25) is 5.91 Å². The molecule has 0 heterocycles. The number of methoxy groups -OCH3 is 1. The van der Waals surface area contributed by atoms with Crippen LogP contribution in [0.15, 0.2) is 77.7 Å². The average molecular weight is 467 g/mol. The van der Waals surface area contributed by atoms with Gasteiger partial charge in [0.25, 0.3) is 10.0 Å². The van der Waals surface area contributed by atoms with Crippen molar-refractivity contribution in [1.82, 2.24) is 5.32 Å². The summed E-state index contributed by atoms with van der Waals surface area (Å²) in [7, 11) is -2.54. The van der Waals surface area contributed by atoms with Crippen LogP contribution in [-0.4, -0.2) is 28.0 Å². The molecule has 0 radical (unpaired) electrons. The highest BCUT2D eigenvalue weighted by Crippen LogP contribution is 2.33. The second-order valence-electron chi connectivity index (χ2n) is 7.88. The molecule has 0 aromatic heterocycles. The Morgan fingerprint density at radius 3 is 2.30 bits per heavy atom. The highest BCUT2D eigenvalue weighted by Gasteiger charge is 2.30. The molecule has 0 aliphatic heterocycles. The lowest BCUT2D eigenvalue weighted by Crippen LogP contribution is -2.41. The Morgan fingerprint density at radius 1 is 1.03 bits per heavy atom. The lowest BCUT2D eigenvalue weighted by Gasteiger charge is -2.27. The maximum absolute atomic E-state index is 13.6. The molecule has 0 aliphatic rings. The van der Waals surface area contributed by atoms with Crippen molar-refractivity contribution >= 4 is 21.6 Å². The van der Waals surface area contributed by atoms with Gasteiger partial charge in [-0.05, 0) is 61.2 Å². The lowest BCUT2D eigenvalue weighted by molar-refractivity contribution is -0.120. The van der Waals surface area contributed by atoms with Crippen LogP contribution in [0.25, 0.3) is 0 Å². The van der Waals surface area contributed by atoms with Crippen molar-refractivity contribution in [2.24, 2.45) is 0 Å². The van der Waals surface area contributed by atoms with Crippen molar-refractivity contribution in [2.75, 3.05) is 18.0 Å². The number of nitrogens with one attached hydrogen (secondary N) is 1. The number of benzene rings is 3. The van der Waals surface area contributed by atoms with E-state index < -0.39 is 15.9 Å². The van der Waals surface area contributed by atoms with Gasteiger partial charge in [0.1, 0.15) is 12.3 Å². The van der Waals surface area contributed by atoms with Gasteiger partial charge in [-0.1, -0.05) is 55.5 Å². The van der Waals surface area contributed by atoms with Gasteiger partial charge in [0.05, 0.1) is 23.7 Å². The van der Waals surface area contributed by atoms with E-state index in [9.17, 15) is 13.2 Å². The van der Waals surface area contributed by atoms with E-state index in [1.165, 1.54) is 24.8 Å². The number of ether oxygens (including phenoxy) is 1. The largest absolute Gasteiger partial charge is 0.495 e. The Labute approximate surface area is 196 Å². The van der Waals surface area contributed by atoms with Crippen LogP contribution in [0.3, 0.4) is 0 Å². The van der Waals surface area contributed by atoms with Crippen LogP contribution < -0.4 is 14.4 Å². The summed E-state index contributed by atoms with van der Waals surface area (Å²) in [6, 6.07) is 21.1. The standard InChI is InChI=1S/C26H30N2O4S/c1-5-21-12-14-22(15-13-21)20(3)27-26(29)18-28(24-17-19(2)11-16-25(24)32-4)33(30,31)23-9-7-6-8-10-23/h6-17,20H,5,18H2,1-4H3,(H,27,29). The molecule has 3 aromatic rings. The first-order valence-electron chi connectivity index (χ1n) is 10.9. The van der Waals surface area contributed by atoms with Gasteiger partial charge < -0.3 is 10.1 Å². The SMILES string of the molecule is CCc1ccc(C(C)NC(=O)CN(c2cc(C)ccc2OC)S(=O)(=O)c2ccccc2)cc1. The van der Waals surface area contributed by atoms with Crippen molar-refractivity contribution in [1.29, 1.82) is 0 Å². The van der Waals surface area contributed by atoms with Crippen LogP contribution in [0.2, 0.25) is 0 Å². The fourth-order valence-corrected chi connectivity index (χ4v) is 5.00. The predicted molar refractivity (Wildman–Crippen MR) is 131 cm³/mol. The zero-order chi connectivity index (χ0) is 24.0. The number of hydrogen-bond acceptors (Lipinski definition) is 4. The van der Waals surface area contributed by atoms with Gasteiger partial charge in [-0.25, -0.2) is 8.42 Å². The van der Waals surface area contributed by atoms with Gasteiger partial charge in [0, 0.05) is 0 Å². The molecular weight excluding hydrogens is 436 g/mol. The zero-order valence-electron chi connectivity index (χ0n) is 19.4. The Balaban J connectivity index is 1.93. The number of sulfonamides is 1. The van der Waals surface area contributed by atoms with E-state index >= 15 is 0 Å². The average Bonchev–Trinajstić information content (AvgIpc) is 2.83. The third kappa shape index (κ3) is 5.73. The fourth-order valence-electron chi connectivity index (χ4n) is 3.56. The maximum Gasteiger partial charge on any atom is 0.264 e. The Morgan fingerprint density at radius 2 is 1.70 bits per heavy atom. The van der Waals surface area contributed by atoms with E-state index in [2.05, 4.69) is 12.2 Å². The minimum atomic E-state index is -4.02. The highest BCUT2D eigenvalue weighted by molar-refractivity contribution is 7.92. The molecule has 0 bridgehead atoms. The number of carbonyl (C=O) groups excluding carboxylic acids is 1. The van der Waals surface area contributed by atoms with Crippen molar-refractivity contribution in [2.45, 2.75) is 38.1 Å². The monoisotopic (exact) mass is 466 g/mol. The minimum Gasteiger partial charge on any atom is -0.495 e. The highest BCUT2D eigenvalue weighted by atomic mass is 32.2. The molecule has 3 rings (SSSR count). The minimum absolute atomic E-state index is 0.101. The molecule has 6 nitrogen and oxygen atoms in total. The van der Waals surface area contributed by atoms with Gasteiger partial charge in [-0.2, -0.15) is 0 Å². The normalized spacial score (nSPS) is 12.1. The quantitative estimate of drug-likeness (QED) is 0.499. The molecule has 33 heavy (non-hydrogen) atoms. The summed E-state index contributed by atoms with van der Waals surface area (Å²) in [6.45, 7) is 5.44. The first-order valence-corrected chi connectivity index (χ1v) is 12.3. The lowest BCUT2D eigenvalue weighted by atomic mass is 10.1. The first kappa shape index (κ1) is 24.3. The number of rotatable bonds is 9. The molecule has 1 amide bonds. The summed E-state index contributed by atoms with van der Waals surface area (Å²) in [5.41, 5.74) is 3.33. The molecule has 0 saturated heterocycles. The molecule has 1 N–H and O–H groups in total. The Kier molecular flexibility index (Phi) is 7.76. The van der Waals surface area contributed by atoms with Gasteiger partial charge in [0.15, 0.2) is 0 Å². The number of amides is 1. The smallest absolute Gasteiger partial charge is 0.264 e. The predicted octanol–water partition coefficient (Wildman–Crippen LogP) is 4.64. The fraction of sp³-hybridized carbons (Fsp3) is 0.269. The summed E-state index contributed by atoms with van der Waals surface area (Å²) in [5.74, 6) is -0.0405. The van der Waals surface area contributed by atoms with E-state index in [4.69, 9.17) is 4.74 Å². The van der Waals surface area contributed by atoms with E-state index in [1.54, 1.807) is 30.3 Å². The number of nitrogens with zero attached hydrogens (tertiary/aromatic N) is 1. The van der Waals surface area contributed by atoms with Crippen molar-refractivity contribution in [3.8, 4) is 5.75 Å². The summed E-state index contributed by atoms with van der Waals surface area (Å²) in [5, 5.41) is 2.92. The summed E-state index contributed by atoms with van der Waals surface area (Å²) >= 11 is 0. The second kappa shape index (κ2) is 10.5.